The average Bonchev–Trinajstić information content (AvgIpc) is 2.12. The van der Waals surface area contributed by atoms with Crippen molar-refractivity contribution in [3.05, 3.63) is 41.2 Å². The second-order valence-corrected chi connectivity index (χ2v) is 2.97. The molecule has 0 saturated carbocycles. The van der Waals surface area contributed by atoms with Gasteiger partial charge in [0.15, 0.2) is 0 Å². The summed E-state index contributed by atoms with van der Waals surface area (Å²) in [5, 5.41) is 0. The predicted molar refractivity (Wildman–Crippen MR) is 49.6 cm³/mol. The molecule has 2 N–H and O–H groups in total. The van der Waals surface area contributed by atoms with Gasteiger partial charge in [-0.15, -0.1) is 0 Å². The van der Waals surface area contributed by atoms with Crippen molar-refractivity contribution in [1.82, 2.24) is 0 Å². The number of carbonyl (C=O) groups is 1. The molecule has 1 rings (SSSR count). The van der Waals surface area contributed by atoms with Crippen LogP contribution >= 0.6 is 0 Å². The predicted octanol–water partition coefficient (Wildman–Crippen LogP) is 2.34. The Balaban J connectivity index is 3.05. The zero-order chi connectivity index (χ0) is 12.3. The highest BCUT2D eigenvalue weighted by atomic mass is 19.4. The summed E-state index contributed by atoms with van der Waals surface area (Å²) in [5.41, 5.74) is 3.56. The van der Waals surface area contributed by atoms with E-state index in [1.165, 1.54) is 0 Å². The molecule has 0 atom stereocenters. The first-order valence-electron chi connectivity index (χ1n) is 4.15. The van der Waals surface area contributed by atoms with Crippen LogP contribution in [0.25, 0.3) is 6.08 Å². The van der Waals surface area contributed by atoms with Gasteiger partial charge in [-0.2, -0.15) is 13.2 Å². The zero-order valence-corrected chi connectivity index (χ0v) is 7.88. The van der Waals surface area contributed by atoms with Gasteiger partial charge in [-0.05, 0) is 23.8 Å². The summed E-state index contributed by atoms with van der Waals surface area (Å²) in [6, 6.07) is 2.34. The Labute approximate surface area is 88.4 Å². The van der Waals surface area contributed by atoms with Crippen LogP contribution in [-0.4, -0.2) is 5.91 Å². The molecule has 16 heavy (non-hydrogen) atoms. The highest BCUT2D eigenvalue weighted by Crippen LogP contribution is 2.31. The minimum absolute atomic E-state index is 0.129. The lowest BCUT2D eigenvalue weighted by molar-refractivity contribution is -0.140. The van der Waals surface area contributed by atoms with Crippen molar-refractivity contribution in [3.8, 4) is 0 Å². The van der Waals surface area contributed by atoms with E-state index in [1.54, 1.807) is 0 Å². The van der Waals surface area contributed by atoms with Crippen LogP contribution in [0.4, 0.5) is 17.6 Å². The molecule has 6 heteroatoms. The zero-order valence-electron chi connectivity index (χ0n) is 7.88. The quantitative estimate of drug-likeness (QED) is 0.618. The average molecular weight is 233 g/mol. The monoisotopic (exact) mass is 233 g/mol. The van der Waals surface area contributed by atoms with Gasteiger partial charge in [0.2, 0.25) is 5.91 Å². The Morgan fingerprint density at radius 2 is 1.94 bits per heavy atom. The summed E-state index contributed by atoms with van der Waals surface area (Å²) in [4.78, 5) is 10.3. The van der Waals surface area contributed by atoms with Gasteiger partial charge in [0.1, 0.15) is 5.82 Å². The third-order valence-corrected chi connectivity index (χ3v) is 1.74. The van der Waals surface area contributed by atoms with E-state index in [0.29, 0.717) is 12.1 Å². The number of rotatable bonds is 2. The summed E-state index contributed by atoms with van der Waals surface area (Å²) in [6.45, 7) is 0. The van der Waals surface area contributed by atoms with Gasteiger partial charge in [0, 0.05) is 6.08 Å². The Bertz CT molecular complexity index is 437. The molecular weight excluding hydrogens is 226 g/mol. The van der Waals surface area contributed by atoms with Crippen LogP contribution < -0.4 is 5.73 Å². The highest BCUT2D eigenvalue weighted by Gasteiger charge is 2.33. The molecule has 0 aliphatic rings. The van der Waals surface area contributed by atoms with Gasteiger partial charge >= 0.3 is 6.18 Å². The van der Waals surface area contributed by atoms with Crippen LogP contribution in [0.15, 0.2) is 24.3 Å². The number of hydrogen-bond acceptors (Lipinski definition) is 1. The Morgan fingerprint density at radius 1 is 1.31 bits per heavy atom. The van der Waals surface area contributed by atoms with E-state index in [-0.39, 0.29) is 5.56 Å². The van der Waals surface area contributed by atoms with Gasteiger partial charge in [-0.3, -0.25) is 4.79 Å². The second kappa shape index (κ2) is 4.34. The van der Waals surface area contributed by atoms with Crippen molar-refractivity contribution in [3.63, 3.8) is 0 Å². The molecule has 0 radical (unpaired) electrons. The van der Waals surface area contributed by atoms with Crippen LogP contribution in [0.2, 0.25) is 0 Å². The van der Waals surface area contributed by atoms with E-state index >= 15 is 0 Å². The normalized spacial score (nSPS) is 12.0. The standard InChI is InChI=1S/C10H7F4NO/c11-8-5-6(2-4-9(15)16)1-3-7(8)10(12,13)14/h1-5H,(H2,15,16)/b4-2+. The van der Waals surface area contributed by atoms with Crippen molar-refractivity contribution in [2.45, 2.75) is 6.18 Å². The molecule has 86 valence electrons. The lowest BCUT2D eigenvalue weighted by atomic mass is 10.1. The fraction of sp³-hybridized carbons (Fsp3) is 0.100. The minimum Gasteiger partial charge on any atom is -0.366 e. The highest BCUT2D eigenvalue weighted by molar-refractivity contribution is 5.90. The number of alkyl halides is 3. The van der Waals surface area contributed by atoms with Gasteiger partial charge in [-0.1, -0.05) is 6.07 Å². The molecule has 1 aromatic rings. The number of benzene rings is 1. The summed E-state index contributed by atoms with van der Waals surface area (Å²) >= 11 is 0. The molecule has 1 amide bonds. The first-order chi connectivity index (χ1) is 7.30. The van der Waals surface area contributed by atoms with E-state index in [4.69, 9.17) is 5.73 Å². The van der Waals surface area contributed by atoms with Crippen molar-refractivity contribution in [2.75, 3.05) is 0 Å². The van der Waals surface area contributed by atoms with E-state index in [9.17, 15) is 22.4 Å². The van der Waals surface area contributed by atoms with Gasteiger partial charge in [0.25, 0.3) is 0 Å². The molecule has 2 nitrogen and oxygen atoms in total. The first-order valence-corrected chi connectivity index (χ1v) is 4.15. The number of nitrogens with two attached hydrogens (primary N) is 1. The van der Waals surface area contributed by atoms with E-state index in [1.807, 2.05) is 0 Å². The maximum atomic E-state index is 13.0. The molecule has 0 bridgehead atoms. The number of hydrogen-bond donors (Lipinski definition) is 1. The summed E-state index contributed by atoms with van der Waals surface area (Å²) < 4.78 is 49.5. The van der Waals surface area contributed by atoms with Crippen molar-refractivity contribution in [1.29, 1.82) is 0 Å². The van der Waals surface area contributed by atoms with E-state index in [2.05, 4.69) is 0 Å². The van der Waals surface area contributed by atoms with Gasteiger partial charge in [-0.25, -0.2) is 4.39 Å². The molecule has 0 heterocycles. The molecule has 0 fully saturated rings. The fourth-order valence-corrected chi connectivity index (χ4v) is 1.04. The van der Waals surface area contributed by atoms with Crippen molar-refractivity contribution < 1.29 is 22.4 Å². The van der Waals surface area contributed by atoms with Crippen molar-refractivity contribution in [2.24, 2.45) is 5.73 Å². The molecule has 0 aliphatic heterocycles. The number of amides is 1. The third kappa shape index (κ3) is 3.08. The van der Waals surface area contributed by atoms with Crippen LogP contribution in [-0.2, 0) is 11.0 Å². The van der Waals surface area contributed by atoms with Gasteiger partial charge in [0.05, 0.1) is 5.56 Å². The van der Waals surface area contributed by atoms with Crippen LogP contribution in [0.1, 0.15) is 11.1 Å². The van der Waals surface area contributed by atoms with E-state index in [0.717, 1.165) is 18.2 Å². The van der Waals surface area contributed by atoms with Gasteiger partial charge < -0.3 is 5.73 Å². The number of carbonyl (C=O) groups excluding carboxylic acids is 1. The Morgan fingerprint density at radius 3 is 2.38 bits per heavy atom. The molecular formula is C10H7F4NO. The molecule has 1 aromatic carbocycles. The maximum absolute atomic E-state index is 13.0. The molecule has 0 aromatic heterocycles. The summed E-state index contributed by atoms with van der Waals surface area (Å²) in [6.07, 6.45) is -2.66. The largest absolute Gasteiger partial charge is 0.419 e. The number of halogens is 4. The van der Waals surface area contributed by atoms with Crippen LogP contribution in [0.5, 0.6) is 0 Å². The van der Waals surface area contributed by atoms with Crippen molar-refractivity contribution >= 4 is 12.0 Å². The molecule has 0 spiro atoms. The SMILES string of the molecule is NC(=O)/C=C/c1ccc(C(F)(F)F)c(F)c1. The summed E-state index contributed by atoms with van der Waals surface area (Å²) in [5.74, 6) is -2.15. The topological polar surface area (TPSA) is 43.1 Å². The van der Waals surface area contributed by atoms with Crippen LogP contribution in [0, 0.1) is 5.82 Å². The third-order valence-electron chi connectivity index (χ3n) is 1.74. The fourth-order valence-electron chi connectivity index (χ4n) is 1.04. The Hall–Kier alpha value is -1.85. The Kier molecular flexibility index (Phi) is 3.31. The minimum atomic E-state index is -4.73. The lowest BCUT2D eigenvalue weighted by Gasteiger charge is -2.07. The first kappa shape index (κ1) is 12.2. The lowest BCUT2D eigenvalue weighted by Crippen LogP contribution is -2.08. The van der Waals surface area contributed by atoms with Crippen LogP contribution in [0.3, 0.4) is 0 Å². The van der Waals surface area contributed by atoms with E-state index < -0.39 is 23.5 Å². The number of primary amides is 1. The maximum Gasteiger partial charge on any atom is 0.419 e. The second-order valence-electron chi connectivity index (χ2n) is 2.97. The molecule has 0 saturated heterocycles. The summed E-state index contributed by atoms with van der Waals surface area (Å²) in [7, 11) is 0. The smallest absolute Gasteiger partial charge is 0.366 e. The molecule has 0 unspecified atom stereocenters. The molecule has 0 aliphatic carbocycles.